The number of hydrogen-bond acceptors (Lipinski definition) is 6. The van der Waals surface area contributed by atoms with Crippen LogP contribution in [0.2, 0.25) is 0 Å². The number of ether oxygens (including phenoxy) is 2. The topological polar surface area (TPSA) is 88.4 Å². The predicted molar refractivity (Wildman–Crippen MR) is 93.5 cm³/mol. The molecule has 2 rings (SSSR count). The molecule has 1 aliphatic heterocycles. The summed E-state index contributed by atoms with van der Waals surface area (Å²) in [6.07, 6.45) is 2.35. The van der Waals surface area contributed by atoms with E-state index in [0.717, 1.165) is 5.01 Å². The number of hydrazone groups is 1. The Bertz CT molecular complexity index is 583. The Morgan fingerprint density at radius 1 is 1.28 bits per heavy atom. The van der Waals surface area contributed by atoms with Crippen molar-refractivity contribution in [2.45, 2.75) is 58.5 Å². The molecule has 0 spiro atoms. The number of carbonyl (C=O) groups is 2. The van der Waals surface area contributed by atoms with Gasteiger partial charge in [0.25, 0.3) is 0 Å². The molecule has 0 aromatic carbocycles. The Labute approximate surface area is 148 Å². The van der Waals surface area contributed by atoms with Crippen LogP contribution in [0.4, 0.5) is 4.79 Å². The van der Waals surface area contributed by atoms with Crippen molar-refractivity contribution in [3.63, 3.8) is 0 Å². The molecule has 0 atom stereocenters. The van der Waals surface area contributed by atoms with E-state index in [-0.39, 0.29) is 23.0 Å². The number of hydrogen-bond donors (Lipinski definition) is 1. The van der Waals surface area contributed by atoms with Gasteiger partial charge in [-0.2, -0.15) is 5.10 Å². The minimum atomic E-state index is -0.628. The summed E-state index contributed by atoms with van der Waals surface area (Å²) in [6.45, 7) is 6.47. The van der Waals surface area contributed by atoms with Gasteiger partial charge in [-0.1, -0.05) is 0 Å². The number of aliphatic hydroxyl groups excluding tert-OH is 1. The van der Waals surface area contributed by atoms with Gasteiger partial charge in [-0.3, -0.25) is 4.79 Å². The highest BCUT2D eigenvalue weighted by Crippen LogP contribution is 2.29. The molecule has 0 bridgehead atoms. The molecule has 7 heteroatoms. The molecule has 0 radical (unpaired) electrons. The fourth-order valence-corrected chi connectivity index (χ4v) is 2.94. The van der Waals surface area contributed by atoms with E-state index < -0.39 is 11.7 Å². The summed E-state index contributed by atoms with van der Waals surface area (Å²) < 4.78 is 10.6. The molecule has 1 saturated heterocycles. The van der Waals surface area contributed by atoms with Crippen molar-refractivity contribution in [1.29, 1.82) is 0 Å². The van der Waals surface area contributed by atoms with E-state index in [1.807, 2.05) is 0 Å². The summed E-state index contributed by atoms with van der Waals surface area (Å²) in [5.74, 6) is -0.126. The zero-order valence-corrected chi connectivity index (χ0v) is 15.5. The van der Waals surface area contributed by atoms with Crippen LogP contribution in [0.15, 0.2) is 16.4 Å². The van der Waals surface area contributed by atoms with Crippen LogP contribution >= 0.6 is 0 Å². The van der Waals surface area contributed by atoms with Gasteiger partial charge in [-0.25, -0.2) is 9.80 Å². The molecule has 2 aliphatic rings. The monoisotopic (exact) mass is 352 g/mol. The molecule has 1 saturated carbocycles. The third-order valence-corrected chi connectivity index (χ3v) is 4.18. The van der Waals surface area contributed by atoms with Crippen LogP contribution in [0.5, 0.6) is 0 Å². The van der Waals surface area contributed by atoms with E-state index in [9.17, 15) is 14.7 Å². The van der Waals surface area contributed by atoms with Crippen LogP contribution in [0, 0.1) is 5.92 Å². The van der Waals surface area contributed by atoms with Gasteiger partial charge in [0, 0.05) is 32.6 Å². The van der Waals surface area contributed by atoms with Gasteiger partial charge < -0.3 is 14.6 Å². The Balaban J connectivity index is 2.26. The second-order valence-electron chi connectivity index (χ2n) is 7.47. The molecule has 25 heavy (non-hydrogen) atoms. The molecule has 0 aromatic rings. The highest BCUT2D eigenvalue weighted by atomic mass is 16.6. The number of Topliss-reactive ketones (excluding diaryl/α,β-unsaturated/α-hetero) is 1. The minimum absolute atomic E-state index is 0.0874. The first-order valence-electron chi connectivity index (χ1n) is 8.77. The van der Waals surface area contributed by atoms with Crippen LogP contribution in [0.25, 0.3) is 0 Å². The lowest BCUT2D eigenvalue weighted by molar-refractivity contribution is -0.115. The van der Waals surface area contributed by atoms with Gasteiger partial charge >= 0.3 is 6.09 Å². The van der Waals surface area contributed by atoms with Crippen LogP contribution in [0.1, 0.15) is 52.9 Å². The third kappa shape index (κ3) is 5.29. The standard InChI is InChI=1S/C18H28N2O5/c1-18(2,3)25-17(23)20(4)19-13-6-5-7-14(21)15(13)16(22)12-8-10-24-11-9-12/h12,22H,5-11H2,1-4H3. The average Bonchev–Trinajstić information content (AvgIpc) is 2.53. The number of nitrogens with zero attached hydrogens (tertiary/aromatic N) is 2. The maximum atomic E-state index is 12.4. The summed E-state index contributed by atoms with van der Waals surface area (Å²) in [6, 6.07) is 0. The zero-order valence-electron chi connectivity index (χ0n) is 15.5. The molecule has 140 valence electrons. The van der Waals surface area contributed by atoms with Crippen LogP contribution in [-0.4, -0.2) is 53.6 Å². The Morgan fingerprint density at radius 2 is 1.92 bits per heavy atom. The summed E-state index contributed by atoms with van der Waals surface area (Å²) in [7, 11) is 1.49. The normalized spacial score (nSPS) is 23.5. The summed E-state index contributed by atoms with van der Waals surface area (Å²) in [5.41, 5.74) is 0.0961. The minimum Gasteiger partial charge on any atom is -0.511 e. The fraction of sp³-hybridized carbons (Fsp3) is 0.722. The lowest BCUT2D eigenvalue weighted by atomic mass is 9.85. The van der Waals surface area contributed by atoms with Crippen LogP contribution < -0.4 is 0 Å². The van der Waals surface area contributed by atoms with E-state index >= 15 is 0 Å². The van der Waals surface area contributed by atoms with Crippen LogP contribution in [-0.2, 0) is 14.3 Å². The van der Waals surface area contributed by atoms with Crippen molar-refractivity contribution >= 4 is 17.6 Å². The Hall–Kier alpha value is -1.89. The van der Waals surface area contributed by atoms with E-state index in [0.29, 0.717) is 51.0 Å². The Morgan fingerprint density at radius 3 is 2.52 bits per heavy atom. The molecule has 1 heterocycles. The number of amides is 1. The van der Waals surface area contributed by atoms with Gasteiger partial charge in [0.1, 0.15) is 11.4 Å². The summed E-state index contributed by atoms with van der Waals surface area (Å²) >= 11 is 0. The fourth-order valence-electron chi connectivity index (χ4n) is 2.94. The third-order valence-electron chi connectivity index (χ3n) is 4.18. The molecule has 0 aromatic heterocycles. The van der Waals surface area contributed by atoms with Crippen LogP contribution in [0.3, 0.4) is 0 Å². The molecule has 7 nitrogen and oxygen atoms in total. The maximum absolute atomic E-state index is 12.4. The number of rotatable bonds is 2. The van der Waals surface area contributed by atoms with E-state index in [2.05, 4.69) is 5.10 Å². The smallest absolute Gasteiger partial charge is 0.430 e. The second-order valence-corrected chi connectivity index (χ2v) is 7.47. The van der Waals surface area contributed by atoms with Crippen molar-refractivity contribution in [1.82, 2.24) is 5.01 Å². The lowest BCUT2D eigenvalue weighted by Gasteiger charge is -2.26. The summed E-state index contributed by atoms with van der Waals surface area (Å²) in [4.78, 5) is 24.5. The maximum Gasteiger partial charge on any atom is 0.430 e. The first kappa shape index (κ1) is 19.4. The van der Waals surface area contributed by atoms with Gasteiger partial charge in [0.05, 0.1) is 11.3 Å². The number of carbonyl (C=O) groups excluding carboxylic acids is 2. The Kier molecular flexibility index (Phi) is 6.21. The van der Waals surface area contributed by atoms with E-state index in [1.54, 1.807) is 20.8 Å². The number of ketones is 1. The van der Waals surface area contributed by atoms with Gasteiger partial charge in [0.2, 0.25) is 0 Å². The van der Waals surface area contributed by atoms with Crippen molar-refractivity contribution in [3.05, 3.63) is 11.3 Å². The lowest BCUT2D eigenvalue weighted by Crippen LogP contribution is -2.33. The quantitative estimate of drug-likeness (QED) is 0.468. The number of aliphatic hydroxyl groups is 1. The molecular formula is C18H28N2O5. The van der Waals surface area contributed by atoms with Gasteiger partial charge in [-0.05, 0) is 46.5 Å². The van der Waals surface area contributed by atoms with Crippen molar-refractivity contribution < 1.29 is 24.2 Å². The average molecular weight is 352 g/mol. The van der Waals surface area contributed by atoms with Gasteiger partial charge in [0.15, 0.2) is 5.78 Å². The molecule has 2 fully saturated rings. The van der Waals surface area contributed by atoms with Crippen molar-refractivity contribution in [2.24, 2.45) is 11.0 Å². The largest absolute Gasteiger partial charge is 0.511 e. The highest BCUT2D eigenvalue weighted by Gasteiger charge is 2.31. The number of allylic oxidation sites excluding steroid dienone is 2. The molecule has 1 N–H and O–H groups in total. The molecular weight excluding hydrogens is 324 g/mol. The molecule has 1 amide bonds. The van der Waals surface area contributed by atoms with E-state index in [1.165, 1.54) is 7.05 Å². The van der Waals surface area contributed by atoms with Crippen molar-refractivity contribution in [2.75, 3.05) is 20.3 Å². The second kappa shape index (κ2) is 7.99. The first-order valence-corrected chi connectivity index (χ1v) is 8.77. The molecule has 0 unspecified atom stereocenters. The van der Waals surface area contributed by atoms with Crippen molar-refractivity contribution in [3.8, 4) is 0 Å². The summed E-state index contributed by atoms with van der Waals surface area (Å²) in [5, 5.41) is 16.0. The molecule has 1 aliphatic carbocycles. The van der Waals surface area contributed by atoms with Gasteiger partial charge in [-0.15, -0.1) is 0 Å². The van der Waals surface area contributed by atoms with E-state index in [4.69, 9.17) is 9.47 Å². The highest BCUT2D eigenvalue weighted by molar-refractivity contribution is 6.24. The predicted octanol–water partition coefficient (Wildman–Crippen LogP) is 3.20. The zero-order chi connectivity index (χ0) is 18.6. The first-order chi connectivity index (χ1) is 11.7. The SMILES string of the molecule is CN(N=C1CCCC(=O)C1=C(O)C1CCOCC1)C(=O)OC(C)(C)C.